The second-order valence-corrected chi connectivity index (χ2v) is 8.35. The topological polar surface area (TPSA) is 24.5 Å². The fraction of sp³-hybridized carbons (Fsp3) is 0.333. The van der Waals surface area contributed by atoms with Gasteiger partial charge in [-0.05, 0) is 60.2 Å². The summed E-state index contributed by atoms with van der Waals surface area (Å²) in [5.41, 5.74) is 3.88. The molecule has 0 aliphatic carbocycles. The van der Waals surface area contributed by atoms with E-state index in [4.69, 9.17) is 4.74 Å². The molecule has 0 saturated carbocycles. The zero-order valence-electron chi connectivity index (χ0n) is 16.4. The Kier molecular flexibility index (Phi) is 6.42. The minimum Gasteiger partial charge on any atom is -0.489 e. The standard InChI is InChI=1S/C24H28N2OS/c1-19-16-23(28-18-19)24(26-14-5-12-25-13-15-26)21-8-10-22(11-9-21)27-17-20-6-3-2-4-7-20/h2-4,6-11,16,18,24-25H,5,12-15,17H2,1H3. The van der Waals surface area contributed by atoms with Crippen molar-refractivity contribution in [3.05, 3.63) is 87.6 Å². The molecule has 0 spiro atoms. The average Bonchev–Trinajstić information content (AvgIpc) is 2.99. The third-order valence-corrected chi connectivity index (χ3v) is 6.31. The van der Waals surface area contributed by atoms with Crippen molar-refractivity contribution in [3.63, 3.8) is 0 Å². The Morgan fingerprint density at radius 1 is 1.04 bits per heavy atom. The van der Waals surface area contributed by atoms with Crippen molar-refractivity contribution in [2.45, 2.75) is 26.0 Å². The number of nitrogens with zero attached hydrogens (tertiary/aromatic N) is 1. The van der Waals surface area contributed by atoms with Gasteiger partial charge in [0.05, 0.1) is 6.04 Å². The molecule has 1 aliphatic rings. The zero-order chi connectivity index (χ0) is 19.2. The maximum Gasteiger partial charge on any atom is 0.119 e. The van der Waals surface area contributed by atoms with Crippen LogP contribution in [0.25, 0.3) is 0 Å². The normalized spacial score (nSPS) is 16.5. The third-order valence-electron chi connectivity index (χ3n) is 5.20. The van der Waals surface area contributed by atoms with Gasteiger partial charge in [-0.25, -0.2) is 0 Å². The molecule has 146 valence electrons. The van der Waals surface area contributed by atoms with Crippen molar-refractivity contribution >= 4 is 11.3 Å². The summed E-state index contributed by atoms with van der Waals surface area (Å²) in [5, 5.41) is 5.78. The molecular formula is C24H28N2OS. The summed E-state index contributed by atoms with van der Waals surface area (Å²) in [4.78, 5) is 4.04. The smallest absolute Gasteiger partial charge is 0.119 e. The molecule has 4 rings (SSSR count). The van der Waals surface area contributed by atoms with Gasteiger partial charge in [0.15, 0.2) is 0 Å². The van der Waals surface area contributed by atoms with Crippen LogP contribution in [-0.2, 0) is 6.61 Å². The molecule has 1 aromatic heterocycles. The number of aryl methyl sites for hydroxylation is 1. The van der Waals surface area contributed by atoms with Crippen LogP contribution >= 0.6 is 11.3 Å². The van der Waals surface area contributed by atoms with E-state index in [9.17, 15) is 0 Å². The van der Waals surface area contributed by atoms with Crippen LogP contribution in [0, 0.1) is 6.92 Å². The van der Waals surface area contributed by atoms with E-state index in [1.807, 2.05) is 29.5 Å². The van der Waals surface area contributed by atoms with E-state index >= 15 is 0 Å². The first-order valence-corrected chi connectivity index (χ1v) is 10.9. The molecule has 3 aromatic rings. The lowest BCUT2D eigenvalue weighted by Gasteiger charge is -2.30. The van der Waals surface area contributed by atoms with Crippen molar-refractivity contribution in [3.8, 4) is 5.75 Å². The molecule has 0 bridgehead atoms. The van der Waals surface area contributed by atoms with Crippen LogP contribution in [0.5, 0.6) is 5.75 Å². The highest BCUT2D eigenvalue weighted by atomic mass is 32.1. The summed E-state index contributed by atoms with van der Waals surface area (Å²) in [7, 11) is 0. The number of thiophene rings is 1. The predicted octanol–water partition coefficient (Wildman–Crippen LogP) is 5.02. The highest BCUT2D eigenvalue weighted by Crippen LogP contribution is 2.34. The largest absolute Gasteiger partial charge is 0.489 e. The van der Waals surface area contributed by atoms with E-state index in [1.165, 1.54) is 28.0 Å². The fourth-order valence-corrected chi connectivity index (χ4v) is 4.82. The third kappa shape index (κ3) is 4.82. The van der Waals surface area contributed by atoms with Gasteiger partial charge in [0.1, 0.15) is 12.4 Å². The molecule has 1 fully saturated rings. The Labute approximate surface area is 172 Å². The minimum atomic E-state index is 0.321. The van der Waals surface area contributed by atoms with Gasteiger partial charge in [-0.2, -0.15) is 0 Å². The maximum atomic E-state index is 5.98. The second kappa shape index (κ2) is 9.37. The van der Waals surface area contributed by atoms with Gasteiger partial charge >= 0.3 is 0 Å². The Morgan fingerprint density at radius 3 is 2.61 bits per heavy atom. The molecule has 2 aromatic carbocycles. The number of nitrogens with one attached hydrogen (secondary N) is 1. The van der Waals surface area contributed by atoms with Crippen LogP contribution in [0.1, 0.15) is 34.0 Å². The molecular weight excluding hydrogens is 364 g/mol. The van der Waals surface area contributed by atoms with Crippen LogP contribution in [0.3, 0.4) is 0 Å². The summed E-state index contributed by atoms with van der Waals surface area (Å²) in [6.07, 6.45) is 1.19. The fourth-order valence-electron chi connectivity index (χ4n) is 3.76. The van der Waals surface area contributed by atoms with Crippen molar-refractivity contribution < 1.29 is 4.74 Å². The Bertz CT molecular complexity index is 852. The van der Waals surface area contributed by atoms with Gasteiger partial charge in [-0.15, -0.1) is 11.3 Å². The molecule has 1 saturated heterocycles. The monoisotopic (exact) mass is 392 g/mol. The van der Waals surface area contributed by atoms with Crippen LogP contribution in [0.15, 0.2) is 66.0 Å². The molecule has 0 radical (unpaired) electrons. The highest BCUT2D eigenvalue weighted by Gasteiger charge is 2.24. The summed E-state index contributed by atoms with van der Waals surface area (Å²) >= 11 is 1.87. The van der Waals surface area contributed by atoms with Crippen LogP contribution in [0.4, 0.5) is 0 Å². The van der Waals surface area contributed by atoms with E-state index in [0.717, 1.165) is 31.9 Å². The lowest BCUT2D eigenvalue weighted by molar-refractivity contribution is 0.243. The molecule has 1 atom stereocenters. The SMILES string of the molecule is Cc1csc(C(c2ccc(OCc3ccccc3)cc2)N2CCCNCC2)c1. The second-order valence-electron chi connectivity index (χ2n) is 7.41. The first kappa shape index (κ1) is 19.2. The quantitative estimate of drug-likeness (QED) is 0.637. The van der Waals surface area contributed by atoms with Gasteiger partial charge in [-0.3, -0.25) is 4.90 Å². The summed E-state index contributed by atoms with van der Waals surface area (Å²) in [6, 6.07) is 21.7. The summed E-state index contributed by atoms with van der Waals surface area (Å²) in [5.74, 6) is 0.922. The van der Waals surface area contributed by atoms with Crippen LogP contribution in [0.2, 0.25) is 0 Å². The molecule has 4 heteroatoms. The van der Waals surface area contributed by atoms with Crippen molar-refractivity contribution in [1.29, 1.82) is 0 Å². The molecule has 1 unspecified atom stereocenters. The van der Waals surface area contributed by atoms with Gasteiger partial charge in [-0.1, -0.05) is 42.5 Å². The molecule has 28 heavy (non-hydrogen) atoms. The lowest BCUT2D eigenvalue weighted by atomic mass is 10.0. The van der Waals surface area contributed by atoms with Crippen molar-refractivity contribution in [1.82, 2.24) is 10.2 Å². The minimum absolute atomic E-state index is 0.321. The molecule has 1 N–H and O–H groups in total. The summed E-state index contributed by atoms with van der Waals surface area (Å²) in [6.45, 7) is 7.15. The van der Waals surface area contributed by atoms with Gasteiger partial charge in [0.2, 0.25) is 0 Å². The molecule has 3 nitrogen and oxygen atoms in total. The average molecular weight is 393 g/mol. The van der Waals surface area contributed by atoms with E-state index in [0.29, 0.717) is 12.6 Å². The van der Waals surface area contributed by atoms with Crippen LogP contribution in [-0.4, -0.2) is 31.1 Å². The number of rotatable bonds is 6. The van der Waals surface area contributed by atoms with Gasteiger partial charge in [0.25, 0.3) is 0 Å². The first-order chi connectivity index (χ1) is 13.8. The van der Waals surface area contributed by atoms with Gasteiger partial charge < -0.3 is 10.1 Å². The summed E-state index contributed by atoms with van der Waals surface area (Å²) < 4.78 is 5.98. The number of benzene rings is 2. The lowest BCUT2D eigenvalue weighted by Crippen LogP contribution is -2.32. The number of hydrogen-bond acceptors (Lipinski definition) is 4. The number of hydrogen-bond donors (Lipinski definition) is 1. The Balaban J connectivity index is 1.52. The van der Waals surface area contributed by atoms with Crippen molar-refractivity contribution in [2.24, 2.45) is 0 Å². The molecule has 1 aliphatic heterocycles. The van der Waals surface area contributed by atoms with E-state index in [-0.39, 0.29) is 0 Å². The van der Waals surface area contributed by atoms with E-state index < -0.39 is 0 Å². The Hall–Kier alpha value is -2.14. The predicted molar refractivity (Wildman–Crippen MR) is 117 cm³/mol. The van der Waals surface area contributed by atoms with E-state index in [1.54, 1.807) is 0 Å². The van der Waals surface area contributed by atoms with Gasteiger partial charge in [0, 0.05) is 24.5 Å². The van der Waals surface area contributed by atoms with Crippen molar-refractivity contribution in [2.75, 3.05) is 26.2 Å². The maximum absolute atomic E-state index is 5.98. The van der Waals surface area contributed by atoms with E-state index in [2.05, 4.69) is 65.0 Å². The first-order valence-electron chi connectivity index (χ1n) is 10.1. The highest BCUT2D eigenvalue weighted by molar-refractivity contribution is 7.10. The molecule has 2 heterocycles. The number of ether oxygens (including phenoxy) is 1. The zero-order valence-corrected chi connectivity index (χ0v) is 17.3. The Morgan fingerprint density at radius 2 is 1.86 bits per heavy atom. The molecule has 0 amide bonds. The van der Waals surface area contributed by atoms with Crippen LogP contribution < -0.4 is 10.1 Å².